The molecule has 7 nitrogen and oxygen atoms in total. The zero-order valence-electron chi connectivity index (χ0n) is 19.7. The Balaban J connectivity index is 1.47. The van der Waals surface area contributed by atoms with Crippen LogP contribution in [0, 0.1) is 0 Å². The summed E-state index contributed by atoms with van der Waals surface area (Å²) in [7, 11) is 1.61. The van der Waals surface area contributed by atoms with Gasteiger partial charge in [0.2, 0.25) is 11.1 Å². The van der Waals surface area contributed by atoms with Crippen molar-refractivity contribution >= 4 is 45.2 Å². The SMILES string of the molecule is COc1ccc(NC(=O)C2=C(C)Nc3nc(SCc4ccccc4)nn3[C@@H]2c2ccc(Br)cc2)cc1. The van der Waals surface area contributed by atoms with Crippen LogP contribution in [0.25, 0.3) is 0 Å². The second-order valence-corrected chi connectivity index (χ2v) is 10.1. The molecule has 2 N–H and O–H groups in total. The van der Waals surface area contributed by atoms with Gasteiger partial charge in [-0.1, -0.05) is 70.2 Å². The smallest absolute Gasteiger partial charge is 0.255 e. The second-order valence-electron chi connectivity index (χ2n) is 8.24. The Kier molecular flexibility index (Phi) is 7.11. The van der Waals surface area contributed by atoms with Crippen LogP contribution in [0.4, 0.5) is 11.6 Å². The van der Waals surface area contributed by atoms with Gasteiger partial charge in [0, 0.05) is 21.6 Å². The number of allylic oxidation sites excluding steroid dienone is 1. The number of aromatic nitrogens is 3. The van der Waals surface area contributed by atoms with Crippen LogP contribution in [0.15, 0.2) is 99.8 Å². The molecule has 0 saturated carbocycles. The zero-order chi connectivity index (χ0) is 25.1. The molecular weight excluding hydrogens is 538 g/mol. The second kappa shape index (κ2) is 10.6. The van der Waals surface area contributed by atoms with Crippen LogP contribution < -0.4 is 15.4 Å². The number of nitrogens with zero attached hydrogens (tertiary/aromatic N) is 3. The zero-order valence-corrected chi connectivity index (χ0v) is 22.1. The fraction of sp³-hybridized carbons (Fsp3) is 0.148. The number of amides is 1. The summed E-state index contributed by atoms with van der Waals surface area (Å²) in [6.45, 7) is 1.89. The quantitative estimate of drug-likeness (QED) is 0.259. The molecule has 1 aliphatic rings. The van der Waals surface area contributed by atoms with Crippen LogP contribution in [0.3, 0.4) is 0 Å². The van der Waals surface area contributed by atoms with Crippen molar-refractivity contribution in [2.45, 2.75) is 23.9 Å². The molecule has 4 aromatic rings. The molecule has 1 atom stereocenters. The molecule has 3 aromatic carbocycles. The summed E-state index contributed by atoms with van der Waals surface area (Å²) in [4.78, 5) is 18.3. The van der Waals surface area contributed by atoms with Crippen molar-refractivity contribution in [1.82, 2.24) is 14.8 Å². The molecule has 2 heterocycles. The van der Waals surface area contributed by atoms with Crippen molar-refractivity contribution in [3.8, 4) is 5.75 Å². The molecule has 1 amide bonds. The largest absolute Gasteiger partial charge is 0.497 e. The number of fused-ring (bicyclic) bond motifs is 1. The number of carbonyl (C=O) groups excluding carboxylic acids is 1. The number of hydrogen-bond donors (Lipinski definition) is 2. The van der Waals surface area contributed by atoms with E-state index in [9.17, 15) is 4.79 Å². The Labute approximate surface area is 222 Å². The van der Waals surface area contributed by atoms with Gasteiger partial charge in [-0.3, -0.25) is 4.79 Å². The summed E-state index contributed by atoms with van der Waals surface area (Å²) >= 11 is 5.07. The lowest BCUT2D eigenvalue weighted by atomic mass is 9.95. The minimum atomic E-state index is -0.439. The molecule has 1 aromatic heterocycles. The average molecular weight is 562 g/mol. The normalized spacial score (nSPS) is 14.7. The Bertz CT molecular complexity index is 1400. The Morgan fingerprint density at radius 3 is 2.50 bits per heavy atom. The van der Waals surface area contributed by atoms with E-state index in [-0.39, 0.29) is 5.91 Å². The first kappa shape index (κ1) is 24.1. The maximum atomic E-state index is 13.6. The number of rotatable bonds is 7. The van der Waals surface area contributed by atoms with Gasteiger partial charge in [0.05, 0.1) is 12.7 Å². The number of anilines is 2. The van der Waals surface area contributed by atoms with E-state index in [0.717, 1.165) is 27.2 Å². The number of hydrogen-bond acceptors (Lipinski definition) is 6. The Hall–Kier alpha value is -3.56. The standard InChI is InChI=1S/C27H24BrN5O2S/c1-17-23(25(34)30-21-12-14-22(35-2)15-13-21)24(19-8-10-20(28)11-9-19)33-26(29-17)31-27(32-33)36-16-18-6-4-3-5-7-18/h3-15,24H,16H2,1-2H3,(H,30,34)(H,29,31,32)/t24-/m1/s1. The molecule has 5 rings (SSSR count). The fourth-order valence-electron chi connectivity index (χ4n) is 4.03. The molecule has 1 aliphatic heterocycles. The van der Waals surface area contributed by atoms with Crippen molar-refractivity contribution in [3.63, 3.8) is 0 Å². The number of halogens is 1. The predicted octanol–water partition coefficient (Wildman–Crippen LogP) is 6.27. The van der Waals surface area contributed by atoms with Crippen LogP contribution in [0.1, 0.15) is 24.1 Å². The van der Waals surface area contributed by atoms with Gasteiger partial charge >= 0.3 is 0 Å². The maximum absolute atomic E-state index is 13.6. The number of thioether (sulfide) groups is 1. The highest BCUT2D eigenvalue weighted by Gasteiger charge is 2.34. The molecule has 182 valence electrons. The molecule has 0 saturated heterocycles. The van der Waals surface area contributed by atoms with Crippen LogP contribution in [-0.2, 0) is 10.5 Å². The summed E-state index contributed by atoms with van der Waals surface area (Å²) in [5.74, 6) is 1.88. The molecule has 0 spiro atoms. The van der Waals surface area contributed by atoms with E-state index in [4.69, 9.17) is 14.8 Å². The highest BCUT2D eigenvalue weighted by atomic mass is 79.9. The third-order valence-electron chi connectivity index (χ3n) is 5.82. The van der Waals surface area contributed by atoms with Crippen molar-refractivity contribution in [2.24, 2.45) is 0 Å². The third kappa shape index (κ3) is 5.17. The Morgan fingerprint density at radius 1 is 1.08 bits per heavy atom. The first-order valence-electron chi connectivity index (χ1n) is 11.3. The van der Waals surface area contributed by atoms with Gasteiger partial charge < -0.3 is 15.4 Å². The molecule has 0 radical (unpaired) electrons. The predicted molar refractivity (Wildman–Crippen MR) is 146 cm³/mol. The van der Waals surface area contributed by atoms with E-state index in [1.54, 1.807) is 23.6 Å². The van der Waals surface area contributed by atoms with E-state index in [1.165, 1.54) is 5.56 Å². The minimum Gasteiger partial charge on any atom is -0.497 e. The lowest BCUT2D eigenvalue weighted by Gasteiger charge is -2.28. The minimum absolute atomic E-state index is 0.210. The van der Waals surface area contributed by atoms with Gasteiger partial charge in [-0.05, 0) is 54.4 Å². The number of carbonyl (C=O) groups is 1. The molecule has 36 heavy (non-hydrogen) atoms. The number of methoxy groups -OCH3 is 1. The van der Waals surface area contributed by atoms with E-state index in [1.807, 2.05) is 73.7 Å². The van der Waals surface area contributed by atoms with E-state index in [2.05, 4.69) is 38.7 Å². The van der Waals surface area contributed by atoms with Crippen LogP contribution >= 0.6 is 27.7 Å². The maximum Gasteiger partial charge on any atom is 0.255 e. The van der Waals surface area contributed by atoms with Gasteiger partial charge in [0.1, 0.15) is 11.8 Å². The Morgan fingerprint density at radius 2 is 1.81 bits per heavy atom. The first-order valence-corrected chi connectivity index (χ1v) is 13.1. The number of ether oxygens (including phenoxy) is 1. The summed E-state index contributed by atoms with van der Waals surface area (Å²) < 4.78 is 7.98. The highest BCUT2D eigenvalue weighted by Crippen LogP contribution is 2.37. The van der Waals surface area contributed by atoms with E-state index < -0.39 is 6.04 Å². The highest BCUT2D eigenvalue weighted by molar-refractivity contribution is 9.10. The number of benzene rings is 3. The molecule has 0 aliphatic carbocycles. The molecule has 0 fully saturated rings. The van der Waals surface area contributed by atoms with Gasteiger partial charge in [-0.25, -0.2) is 4.68 Å². The lowest BCUT2D eigenvalue weighted by Crippen LogP contribution is -2.31. The van der Waals surface area contributed by atoms with Crippen LogP contribution in [0.5, 0.6) is 5.75 Å². The molecule has 9 heteroatoms. The van der Waals surface area contributed by atoms with Crippen molar-refractivity contribution in [2.75, 3.05) is 17.7 Å². The van der Waals surface area contributed by atoms with Gasteiger partial charge in [-0.2, -0.15) is 4.98 Å². The van der Waals surface area contributed by atoms with Crippen LogP contribution in [0.2, 0.25) is 0 Å². The molecule has 0 unspecified atom stereocenters. The van der Waals surface area contributed by atoms with E-state index in [0.29, 0.717) is 22.4 Å². The van der Waals surface area contributed by atoms with E-state index >= 15 is 0 Å². The third-order valence-corrected chi connectivity index (χ3v) is 7.26. The lowest BCUT2D eigenvalue weighted by molar-refractivity contribution is -0.113. The van der Waals surface area contributed by atoms with Crippen molar-refractivity contribution < 1.29 is 9.53 Å². The van der Waals surface area contributed by atoms with Crippen molar-refractivity contribution in [1.29, 1.82) is 0 Å². The fourth-order valence-corrected chi connectivity index (χ4v) is 5.08. The first-order chi connectivity index (χ1) is 17.5. The van der Waals surface area contributed by atoms with Gasteiger partial charge in [-0.15, -0.1) is 5.10 Å². The molecular formula is C27H24BrN5O2S. The summed E-state index contributed by atoms with van der Waals surface area (Å²) in [6.07, 6.45) is 0. The van der Waals surface area contributed by atoms with Gasteiger partial charge in [0.25, 0.3) is 5.91 Å². The topological polar surface area (TPSA) is 81.1 Å². The van der Waals surface area contributed by atoms with Crippen LogP contribution in [-0.4, -0.2) is 27.8 Å². The average Bonchev–Trinajstić information content (AvgIpc) is 3.30. The number of nitrogens with one attached hydrogen (secondary N) is 2. The molecule has 0 bridgehead atoms. The monoisotopic (exact) mass is 561 g/mol. The summed E-state index contributed by atoms with van der Waals surface area (Å²) in [5.41, 5.74) is 4.11. The summed E-state index contributed by atoms with van der Waals surface area (Å²) in [5, 5.41) is 11.8. The van der Waals surface area contributed by atoms with Crippen molar-refractivity contribution in [3.05, 3.63) is 106 Å². The van der Waals surface area contributed by atoms with Gasteiger partial charge in [0.15, 0.2) is 0 Å². The summed E-state index contributed by atoms with van der Waals surface area (Å²) in [6, 6.07) is 25.0.